The van der Waals surface area contributed by atoms with Gasteiger partial charge in [0.1, 0.15) is 11.9 Å². The number of fused-ring (bicyclic) bond motifs is 1. The topological polar surface area (TPSA) is 46.6 Å². The average Bonchev–Trinajstić information content (AvgIpc) is 2.46. The minimum absolute atomic E-state index is 0.0308. The van der Waals surface area contributed by atoms with Crippen molar-refractivity contribution in [3.05, 3.63) is 23.8 Å². The first-order valence-corrected chi connectivity index (χ1v) is 6.23. The van der Waals surface area contributed by atoms with E-state index < -0.39 is 0 Å². The molecule has 1 aromatic rings. The number of rotatable bonds is 2. The van der Waals surface area contributed by atoms with Gasteiger partial charge in [0.15, 0.2) is 5.78 Å². The molecule has 0 N–H and O–H groups in total. The lowest BCUT2D eigenvalue weighted by Crippen LogP contribution is -2.27. The number of carbonyl (C=O) groups excluding carboxylic acids is 2. The molecule has 1 aromatic carbocycles. The zero-order chi connectivity index (χ0) is 13.3. The summed E-state index contributed by atoms with van der Waals surface area (Å²) < 4.78 is 5.66. The van der Waals surface area contributed by atoms with Gasteiger partial charge in [0, 0.05) is 12.6 Å². The molecule has 5 heteroatoms. The van der Waals surface area contributed by atoms with Crippen LogP contribution in [0.25, 0.3) is 0 Å². The summed E-state index contributed by atoms with van der Waals surface area (Å²) in [6, 6.07) is 5.02. The van der Waals surface area contributed by atoms with E-state index in [1.54, 1.807) is 25.2 Å². The molecule has 0 spiro atoms. The van der Waals surface area contributed by atoms with Crippen molar-refractivity contribution in [2.75, 3.05) is 17.8 Å². The molecule has 0 bridgehead atoms. The van der Waals surface area contributed by atoms with Crippen LogP contribution >= 0.6 is 11.6 Å². The molecule has 1 aliphatic heterocycles. The first-order valence-electron chi connectivity index (χ1n) is 5.69. The molecule has 0 saturated heterocycles. The lowest BCUT2D eigenvalue weighted by atomic mass is 10.1. The second-order valence-corrected chi connectivity index (χ2v) is 4.59. The minimum Gasteiger partial charge on any atom is -0.488 e. The number of benzene rings is 1. The van der Waals surface area contributed by atoms with Gasteiger partial charge in [-0.2, -0.15) is 0 Å². The summed E-state index contributed by atoms with van der Waals surface area (Å²) in [6.07, 6.45) is 0.153. The van der Waals surface area contributed by atoms with E-state index >= 15 is 0 Å². The van der Waals surface area contributed by atoms with E-state index in [0.717, 1.165) is 0 Å². The lowest BCUT2D eigenvalue weighted by molar-refractivity contribution is -0.119. The quantitative estimate of drug-likeness (QED) is 0.610. The van der Waals surface area contributed by atoms with Crippen molar-refractivity contribution in [3.8, 4) is 5.75 Å². The van der Waals surface area contributed by atoms with Crippen molar-refractivity contribution in [3.63, 3.8) is 0 Å². The van der Waals surface area contributed by atoms with E-state index in [-0.39, 0.29) is 23.7 Å². The van der Waals surface area contributed by atoms with Crippen molar-refractivity contribution >= 4 is 29.0 Å². The maximum atomic E-state index is 11.9. The Hall–Kier alpha value is -1.55. The van der Waals surface area contributed by atoms with Gasteiger partial charge < -0.3 is 9.64 Å². The number of Topliss-reactive ketones (excluding diaryl/α,β-unsaturated/α-hetero) is 1. The van der Waals surface area contributed by atoms with Crippen LogP contribution in [0.5, 0.6) is 5.75 Å². The smallest absolute Gasteiger partial charge is 0.230 e. The lowest BCUT2D eigenvalue weighted by Gasteiger charge is -2.16. The highest BCUT2D eigenvalue weighted by Gasteiger charge is 2.24. The van der Waals surface area contributed by atoms with Crippen molar-refractivity contribution in [2.45, 2.75) is 19.4 Å². The van der Waals surface area contributed by atoms with Crippen molar-refractivity contribution in [1.29, 1.82) is 0 Å². The molecule has 1 heterocycles. The summed E-state index contributed by atoms with van der Waals surface area (Å²) >= 11 is 5.53. The number of ketones is 1. The third-order valence-corrected chi connectivity index (χ3v) is 3.17. The molecule has 18 heavy (non-hydrogen) atoms. The average molecular weight is 268 g/mol. The Bertz CT molecular complexity index is 501. The number of nitrogens with zero attached hydrogens (tertiary/aromatic N) is 1. The highest BCUT2D eigenvalue weighted by Crippen LogP contribution is 2.33. The van der Waals surface area contributed by atoms with Crippen LogP contribution in [0, 0.1) is 0 Å². The molecule has 0 aliphatic carbocycles. The fourth-order valence-corrected chi connectivity index (χ4v) is 2.06. The van der Waals surface area contributed by atoms with E-state index in [0.29, 0.717) is 23.4 Å². The predicted octanol–water partition coefficient (Wildman–Crippen LogP) is 2.24. The van der Waals surface area contributed by atoms with Crippen LogP contribution in [0.15, 0.2) is 18.2 Å². The van der Waals surface area contributed by atoms with Crippen LogP contribution < -0.4 is 9.64 Å². The molecule has 96 valence electrons. The number of halogens is 1. The number of alkyl halides is 1. The molecule has 0 radical (unpaired) electrons. The second-order valence-electron chi connectivity index (χ2n) is 4.32. The molecule has 1 amide bonds. The summed E-state index contributed by atoms with van der Waals surface area (Å²) in [4.78, 5) is 25.0. The number of amides is 1. The number of anilines is 1. The fourth-order valence-electron chi connectivity index (χ4n) is 1.91. The van der Waals surface area contributed by atoms with Gasteiger partial charge in [-0.1, -0.05) is 0 Å². The van der Waals surface area contributed by atoms with Crippen molar-refractivity contribution in [1.82, 2.24) is 0 Å². The van der Waals surface area contributed by atoms with Gasteiger partial charge >= 0.3 is 0 Å². The van der Waals surface area contributed by atoms with Crippen molar-refractivity contribution < 1.29 is 14.3 Å². The summed E-state index contributed by atoms with van der Waals surface area (Å²) in [6.45, 7) is 1.85. The molecule has 0 aromatic heterocycles. The molecular weight excluding hydrogens is 254 g/mol. The van der Waals surface area contributed by atoms with Gasteiger partial charge in [-0.25, -0.2) is 0 Å². The van der Waals surface area contributed by atoms with Gasteiger partial charge in [0.25, 0.3) is 0 Å². The minimum atomic E-state index is -0.171. The zero-order valence-electron chi connectivity index (χ0n) is 10.3. The van der Waals surface area contributed by atoms with Crippen LogP contribution in [-0.4, -0.2) is 30.7 Å². The van der Waals surface area contributed by atoms with Gasteiger partial charge in [-0.05, 0) is 25.1 Å². The molecule has 1 aliphatic rings. The predicted molar refractivity (Wildman–Crippen MR) is 69.6 cm³/mol. The Kier molecular flexibility index (Phi) is 3.57. The monoisotopic (exact) mass is 267 g/mol. The summed E-state index contributed by atoms with van der Waals surface area (Å²) in [5.74, 6) is 0.338. The Labute approximate surface area is 110 Å². The van der Waals surface area contributed by atoms with E-state index in [9.17, 15) is 9.59 Å². The van der Waals surface area contributed by atoms with Gasteiger partial charge in [-0.3, -0.25) is 9.59 Å². The van der Waals surface area contributed by atoms with E-state index in [4.69, 9.17) is 16.3 Å². The Morgan fingerprint density at radius 3 is 2.94 bits per heavy atom. The Morgan fingerprint density at radius 1 is 1.56 bits per heavy atom. The SMILES string of the molecule is CC1CC(=O)N(C)c2cc(C(=O)CCl)ccc2O1. The van der Waals surface area contributed by atoms with Gasteiger partial charge in [0.2, 0.25) is 5.91 Å². The van der Waals surface area contributed by atoms with Crippen LogP contribution in [0.3, 0.4) is 0 Å². The van der Waals surface area contributed by atoms with Crippen LogP contribution in [0.1, 0.15) is 23.7 Å². The summed E-state index contributed by atoms with van der Waals surface area (Å²) in [5.41, 5.74) is 1.10. The molecule has 0 saturated carbocycles. The molecular formula is C13H14ClNO3. The highest BCUT2D eigenvalue weighted by atomic mass is 35.5. The first-order chi connectivity index (χ1) is 8.52. The molecule has 4 nitrogen and oxygen atoms in total. The third kappa shape index (κ3) is 2.34. The molecule has 2 rings (SSSR count). The standard InChI is InChI=1S/C13H14ClNO3/c1-8-5-13(17)15(2)10-6-9(11(16)7-14)3-4-12(10)18-8/h3-4,6,8H,5,7H2,1-2H3. The number of carbonyl (C=O) groups is 2. The van der Waals surface area contributed by atoms with E-state index in [2.05, 4.69) is 0 Å². The zero-order valence-corrected chi connectivity index (χ0v) is 11.0. The molecule has 1 atom stereocenters. The number of ether oxygens (including phenoxy) is 1. The number of hydrogen-bond acceptors (Lipinski definition) is 3. The second kappa shape index (κ2) is 4.98. The maximum absolute atomic E-state index is 11.9. The summed E-state index contributed by atoms with van der Waals surface area (Å²) in [5, 5.41) is 0. The van der Waals surface area contributed by atoms with Crippen molar-refractivity contribution in [2.24, 2.45) is 0 Å². The van der Waals surface area contributed by atoms with Gasteiger partial charge in [0.05, 0.1) is 18.0 Å². The summed E-state index contributed by atoms with van der Waals surface area (Å²) in [7, 11) is 1.68. The molecule has 0 fully saturated rings. The fraction of sp³-hybridized carbons (Fsp3) is 0.385. The first kappa shape index (κ1) is 12.9. The third-order valence-electron chi connectivity index (χ3n) is 2.93. The molecule has 1 unspecified atom stereocenters. The highest BCUT2D eigenvalue weighted by molar-refractivity contribution is 6.30. The number of hydrogen-bond donors (Lipinski definition) is 0. The van der Waals surface area contributed by atoms with Crippen LogP contribution in [-0.2, 0) is 4.79 Å². The van der Waals surface area contributed by atoms with E-state index in [1.807, 2.05) is 6.92 Å². The van der Waals surface area contributed by atoms with Crippen LogP contribution in [0.4, 0.5) is 5.69 Å². The Morgan fingerprint density at radius 2 is 2.28 bits per heavy atom. The van der Waals surface area contributed by atoms with E-state index in [1.165, 1.54) is 4.90 Å². The normalized spacial score (nSPS) is 18.9. The maximum Gasteiger partial charge on any atom is 0.230 e. The van der Waals surface area contributed by atoms with Crippen LogP contribution in [0.2, 0.25) is 0 Å². The van der Waals surface area contributed by atoms with Gasteiger partial charge in [-0.15, -0.1) is 11.6 Å². The Balaban J connectivity index is 2.47. The largest absolute Gasteiger partial charge is 0.488 e.